The fourth-order valence-corrected chi connectivity index (χ4v) is 2.02. The van der Waals surface area contributed by atoms with Crippen molar-refractivity contribution < 1.29 is 4.39 Å². The maximum atomic E-state index is 13.1. The zero-order valence-corrected chi connectivity index (χ0v) is 12.8. The topological polar surface area (TPSA) is 49.8 Å². The van der Waals surface area contributed by atoms with Crippen LogP contribution in [0, 0.1) is 12.7 Å². The number of aryl methyl sites for hydroxylation is 1. The second-order valence-corrected chi connectivity index (χ2v) is 5.15. The van der Waals surface area contributed by atoms with E-state index in [1.54, 1.807) is 12.1 Å². The second-order valence-electron chi connectivity index (χ2n) is 4.75. The van der Waals surface area contributed by atoms with Crippen molar-refractivity contribution in [3.05, 3.63) is 46.4 Å². The average Bonchev–Trinajstić information content (AvgIpc) is 2.46. The summed E-state index contributed by atoms with van der Waals surface area (Å²) in [7, 11) is 0. The smallest absolute Gasteiger partial charge is 0.224 e. The molecule has 0 radical (unpaired) electrons. The number of hydrogen-bond donors (Lipinski definition) is 2. The summed E-state index contributed by atoms with van der Waals surface area (Å²) in [5, 5.41) is 6.47. The molecule has 112 valence electrons. The van der Waals surface area contributed by atoms with E-state index in [1.807, 2.05) is 13.0 Å². The summed E-state index contributed by atoms with van der Waals surface area (Å²) in [5.74, 6) is 0.919. The lowest BCUT2D eigenvalue weighted by Gasteiger charge is -2.10. The lowest BCUT2D eigenvalue weighted by Crippen LogP contribution is -2.08. The fourth-order valence-electron chi connectivity index (χ4n) is 1.82. The van der Waals surface area contributed by atoms with E-state index in [9.17, 15) is 4.39 Å². The number of nitrogens with one attached hydrogen (secondary N) is 2. The van der Waals surface area contributed by atoms with E-state index in [0.29, 0.717) is 12.5 Å². The molecule has 1 aromatic heterocycles. The molecule has 0 aliphatic heterocycles. The van der Waals surface area contributed by atoms with Crippen molar-refractivity contribution in [2.45, 2.75) is 26.8 Å². The Hall–Kier alpha value is -1.88. The first-order valence-electron chi connectivity index (χ1n) is 6.86. The van der Waals surface area contributed by atoms with E-state index in [-0.39, 0.29) is 5.02 Å². The number of halogens is 2. The molecular formula is C15H18ClFN4. The molecule has 0 aliphatic carbocycles. The number of aromatic nitrogens is 2. The third-order valence-corrected chi connectivity index (χ3v) is 3.13. The highest BCUT2D eigenvalue weighted by atomic mass is 35.5. The van der Waals surface area contributed by atoms with Gasteiger partial charge < -0.3 is 10.6 Å². The van der Waals surface area contributed by atoms with Gasteiger partial charge in [0.05, 0.1) is 5.02 Å². The van der Waals surface area contributed by atoms with Gasteiger partial charge in [0.2, 0.25) is 5.95 Å². The standard InChI is InChI=1S/C15H18ClFN4/c1-3-6-18-15-20-10(2)7-14(21-15)19-9-11-4-5-13(17)12(16)8-11/h4-5,7-8H,3,6,9H2,1-2H3,(H2,18,19,20,21). The second kappa shape index (κ2) is 7.22. The predicted octanol–water partition coefficient (Wildman–Crippen LogP) is 4.01. The Kier molecular flexibility index (Phi) is 5.33. The molecule has 0 amide bonds. The van der Waals surface area contributed by atoms with Crippen molar-refractivity contribution in [3.8, 4) is 0 Å². The number of rotatable bonds is 6. The van der Waals surface area contributed by atoms with E-state index < -0.39 is 5.82 Å². The highest BCUT2D eigenvalue weighted by Gasteiger charge is 2.04. The molecule has 4 nitrogen and oxygen atoms in total. The summed E-state index contributed by atoms with van der Waals surface area (Å²) in [6.45, 7) is 5.35. The number of anilines is 2. The summed E-state index contributed by atoms with van der Waals surface area (Å²) in [4.78, 5) is 8.70. The normalized spacial score (nSPS) is 10.5. The molecule has 0 atom stereocenters. The Morgan fingerprint density at radius 1 is 1.19 bits per heavy atom. The molecule has 1 aromatic carbocycles. The van der Waals surface area contributed by atoms with Crippen LogP contribution in [-0.2, 0) is 6.54 Å². The van der Waals surface area contributed by atoms with Crippen molar-refractivity contribution in [2.24, 2.45) is 0 Å². The highest BCUT2D eigenvalue weighted by Crippen LogP contribution is 2.17. The van der Waals surface area contributed by atoms with Crippen LogP contribution in [0.1, 0.15) is 24.6 Å². The maximum absolute atomic E-state index is 13.1. The van der Waals surface area contributed by atoms with Gasteiger partial charge in [-0.2, -0.15) is 4.98 Å². The van der Waals surface area contributed by atoms with Crippen LogP contribution in [0.5, 0.6) is 0 Å². The lowest BCUT2D eigenvalue weighted by atomic mass is 10.2. The first-order chi connectivity index (χ1) is 10.1. The summed E-state index contributed by atoms with van der Waals surface area (Å²) in [5.41, 5.74) is 1.77. The first-order valence-corrected chi connectivity index (χ1v) is 7.23. The molecule has 6 heteroatoms. The Labute approximate surface area is 128 Å². The van der Waals surface area contributed by atoms with Crippen LogP contribution < -0.4 is 10.6 Å². The highest BCUT2D eigenvalue weighted by molar-refractivity contribution is 6.30. The van der Waals surface area contributed by atoms with Crippen molar-refractivity contribution in [1.82, 2.24) is 9.97 Å². The minimum absolute atomic E-state index is 0.124. The zero-order valence-electron chi connectivity index (χ0n) is 12.1. The van der Waals surface area contributed by atoms with Crippen LogP contribution in [0.3, 0.4) is 0 Å². The van der Waals surface area contributed by atoms with Crippen LogP contribution >= 0.6 is 11.6 Å². The molecular weight excluding hydrogens is 291 g/mol. The molecule has 1 heterocycles. The summed E-state index contributed by atoms with van der Waals surface area (Å²) in [6.07, 6.45) is 1.01. The Balaban J connectivity index is 2.05. The van der Waals surface area contributed by atoms with Gasteiger partial charge in [-0.15, -0.1) is 0 Å². The Morgan fingerprint density at radius 3 is 2.71 bits per heavy atom. The average molecular weight is 309 g/mol. The van der Waals surface area contributed by atoms with E-state index in [0.717, 1.165) is 30.0 Å². The molecule has 2 aromatic rings. The molecule has 0 bridgehead atoms. The van der Waals surface area contributed by atoms with Crippen molar-refractivity contribution >= 4 is 23.4 Å². The molecule has 0 unspecified atom stereocenters. The minimum atomic E-state index is -0.413. The van der Waals surface area contributed by atoms with Gasteiger partial charge in [0.25, 0.3) is 0 Å². The van der Waals surface area contributed by atoms with Gasteiger partial charge in [0.15, 0.2) is 0 Å². The number of hydrogen-bond acceptors (Lipinski definition) is 4. The van der Waals surface area contributed by atoms with Crippen LogP contribution in [0.2, 0.25) is 5.02 Å². The summed E-state index contributed by atoms with van der Waals surface area (Å²) in [6, 6.07) is 6.52. The van der Waals surface area contributed by atoms with Crippen LogP contribution in [0.4, 0.5) is 16.2 Å². The third-order valence-electron chi connectivity index (χ3n) is 2.84. The van der Waals surface area contributed by atoms with Crippen LogP contribution in [0.15, 0.2) is 24.3 Å². The zero-order chi connectivity index (χ0) is 15.2. The van der Waals surface area contributed by atoms with E-state index in [4.69, 9.17) is 11.6 Å². The fraction of sp³-hybridized carbons (Fsp3) is 0.333. The molecule has 0 spiro atoms. The monoisotopic (exact) mass is 308 g/mol. The van der Waals surface area contributed by atoms with Crippen LogP contribution in [0.25, 0.3) is 0 Å². The van der Waals surface area contributed by atoms with Gasteiger partial charge in [-0.05, 0) is 31.0 Å². The summed E-state index contributed by atoms with van der Waals surface area (Å²) < 4.78 is 13.1. The lowest BCUT2D eigenvalue weighted by molar-refractivity contribution is 0.627. The maximum Gasteiger partial charge on any atom is 0.224 e. The molecule has 0 saturated carbocycles. The number of benzene rings is 1. The van der Waals surface area contributed by atoms with Gasteiger partial charge in [-0.1, -0.05) is 24.6 Å². The van der Waals surface area contributed by atoms with Crippen LogP contribution in [-0.4, -0.2) is 16.5 Å². The molecule has 2 rings (SSSR count). The Bertz CT molecular complexity index is 619. The molecule has 2 N–H and O–H groups in total. The SMILES string of the molecule is CCCNc1nc(C)cc(NCc2ccc(F)c(Cl)c2)n1. The Morgan fingerprint density at radius 2 is 2.00 bits per heavy atom. The largest absolute Gasteiger partial charge is 0.366 e. The van der Waals surface area contributed by atoms with Crippen molar-refractivity contribution in [2.75, 3.05) is 17.2 Å². The van der Waals surface area contributed by atoms with E-state index in [2.05, 4.69) is 27.5 Å². The molecule has 0 fully saturated rings. The summed E-state index contributed by atoms with van der Waals surface area (Å²) >= 11 is 5.76. The van der Waals surface area contributed by atoms with E-state index >= 15 is 0 Å². The number of nitrogens with zero attached hydrogens (tertiary/aromatic N) is 2. The van der Waals surface area contributed by atoms with Crippen molar-refractivity contribution in [3.63, 3.8) is 0 Å². The van der Waals surface area contributed by atoms with Gasteiger partial charge in [0.1, 0.15) is 11.6 Å². The third kappa shape index (κ3) is 4.56. The van der Waals surface area contributed by atoms with Gasteiger partial charge >= 0.3 is 0 Å². The molecule has 0 aliphatic rings. The quantitative estimate of drug-likeness (QED) is 0.846. The van der Waals surface area contributed by atoms with E-state index in [1.165, 1.54) is 6.07 Å². The van der Waals surface area contributed by atoms with Gasteiger partial charge in [-0.25, -0.2) is 9.37 Å². The van der Waals surface area contributed by atoms with Gasteiger partial charge in [0, 0.05) is 24.8 Å². The van der Waals surface area contributed by atoms with Crippen molar-refractivity contribution in [1.29, 1.82) is 0 Å². The first kappa shape index (κ1) is 15.5. The molecule has 21 heavy (non-hydrogen) atoms. The van der Waals surface area contributed by atoms with Gasteiger partial charge in [-0.3, -0.25) is 0 Å². The molecule has 0 saturated heterocycles. The minimum Gasteiger partial charge on any atom is -0.366 e. The predicted molar refractivity (Wildman–Crippen MR) is 84.3 cm³/mol.